The summed E-state index contributed by atoms with van der Waals surface area (Å²) < 4.78 is 23.1. The fraction of sp³-hybridized carbons (Fsp3) is 0.381. The van der Waals surface area contributed by atoms with Crippen LogP contribution in [0.15, 0.2) is 53.4 Å². The highest BCUT2D eigenvalue weighted by atomic mass is 32.2. The number of amides is 1. The normalized spacial score (nSPS) is 16.2. The van der Waals surface area contributed by atoms with Crippen LogP contribution in [0, 0.1) is 0 Å². The Labute approximate surface area is 161 Å². The first kappa shape index (κ1) is 19.6. The monoisotopic (exact) mass is 386 g/mol. The lowest BCUT2D eigenvalue weighted by Crippen LogP contribution is -2.26. The zero-order chi connectivity index (χ0) is 19.4. The summed E-state index contributed by atoms with van der Waals surface area (Å²) in [5.41, 5.74) is 2.71. The predicted octanol–water partition coefficient (Wildman–Crippen LogP) is 3.18. The van der Waals surface area contributed by atoms with Crippen molar-refractivity contribution in [3.8, 4) is 0 Å². The van der Waals surface area contributed by atoms with Crippen molar-refractivity contribution in [2.45, 2.75) is 37.2 Å². The van der Waals surface area contributed by atoms with Gasteiger partial charge in [-0.05, 0) is 68.2 Å². The van der Waals surface area contributed by atoms with Crippen molar-refractivity contribution < 1.29 is 13.2 Å². The molecule has 0 saturated carbocycles. The van der Waals surface area contributed by atoms with Gasteiger partial charge in [0, 0.05) is 18.4 Å². The maximum absolute atomic E-state index is 12.5. The van der Waals surface area contributed by atoms with Gasteiger partial charge in [0.2, 0.25) is 0 Å². The van der Waals surface area contributed by atoms with Gasteiger partial charge < -0.3 is 5.32 Å². The molecule has 0 radical (unpaired) electrons. The van der Waals surface area contributed by atoms with E-state index in [0.29, 0.717) is 5.56 Å². The molecule has 2 aromatic rings. The van der Waals surface area contributed by atoms with Crippen LogP contribution in [0.1, 0.15) is 47.3 Å². The van der Waals surface area contributed by atoms with Crippen molar-refractivity contribution in [1.29, 1.82) is 0 Å². The number of rotatable bonds is 6. The van der Waals surface area contributed by atoms with Gasteiger partial charge in [-0.3, -0.25) is 9.69 Å². The smallest absolute Gasteiger partial charge is 0.251 e. The summed E-state index contributed by atoms with van der Waals surface area (Å²) in [4.78, 5) is 15.2. The van der Waals surface area contributed by atoms with Crippen LogP contribution in [0.25, 0.3) is 0 Å². The van der Waals surface area contributed by atoms with Crippen molar-refractivity contribution in [3.63, 3.8) is 0 Å². The van der Waals surface area contributed by atoms with E-state index in [2.05, 4.69) is 10.2 Å². The Morgan fingerprint density at radius 1 is 1.04 bits per heavy atom. The maximum Gasteiger partial charge on any atom is 0.251 e. The van der Waals surface area contributed by atoms with Crippen LogP contribution in [0.3, 0.4) is 0 Å². The molecule has 1 N–H and O–H groups in total. The summed E-state index contributed by atoms with van der Waals surface area (Å²) in [6, 6.07) is 14.1. The molecule has 5 nitrogen and oxygen atoms in total. The van der Waals surface area contributed by atoms with E-state index in [9.17, 15) is 13.2 Å². The number of nitrogens with one attached hydrogen (secondary N) is 1. The molecule has 1 atom stereocenters. The van der Waals surface area contributed by atoms with Gasteiger partial charge in [-0.25, -0.2) is 8.42 Å². The first-order valence-corrected chi connectivity index (χ1v) is 11.1. The number of hydrogen-bond donors (Lipinski definition) is 1. The van der Waals surface area contributed by atoms with E-state index in [0.717, 1.165) is 25.2 Å². The second-order valence-corrected chi connectivity index (χ2v) is 9.23. The van der Waals surface area contributed by atoms with E-state index in [4.69, 9.17) is 0 Å². The highest BCUT2D eigenvalue weighted by molar-refractivity contribution is 7.90. The highest BCUT2D eigenvalue weighted by Crippen LogP contribution is 2.17. The molecule has 6 heteroatoms. The van der Waals surface area contributed by atoms with Crippen molar-refractivity contribution in [2.75, 3.05) is 19.3 Å². The summed E-state index contributed by atoms with van der Waals surface area (Å²) in [6.07, 6.45) is 3.72. The van der Waals surface area contributed by atoms with Gasteiger partial charge in [0.05, 0.1) is 10.9 Å². The molecule has 1 aliphatic heterocycles. The number of benzene rings is 2. The third-order valence-electron chi connectivity index (χ3n) is 4.98. The molecule has 3 rings (SSSR count). The van der Waals surface area contributed by atoms with E-state index >= 15 is 0 Å². The van der Waals surface area contributed by atoms with Crippen LogP contribution in [-0.2, 0) is 16.4 Å². The molecule has 1 fully saturated rings. The molecule has 1 saturated heterocycles. The largest absolute Gasteiger partial charge is 0.346 e. The summed E-state index contributed by atoms with van der Waals surface area (Å²) in [5.74, 6) is -0.137. The van der Waals surface area contributed by atoms with Crippen molar-refractivity contribution in [2.24, 2.45) is 0 Å². The Kier molecular flexibility index (Phi) is 5.97. The molecule has 2 aromatic carbocycles. The Balaban J connectivity index is 1.60. The van der Waals surface area contributed by atoms with Crippen LogP contribution in [0.4, 0.5) is 0 Å². The van der Waals surface area contributed by atoms with E-state index in [1.54, 1.807) is 24.3 Å². The fourth-order valence-electron chi connectivity index (χ4n) is 3.33. The molecule has 0 spiro atoms. The first-order chi connectivity index (χ1) is 12.8. The molecule has 27 heavy (non-hydrogen) atoms. The lowest BCUT2D eigenvalue weighted by molar-refractivity contribution is 0.0940. The van der Waals surface area contributed by atoms with E-state index in [-0.39, 0.29) is 16.8 Å². The average molecular weight is 387 g/mol. The number of sulfone groups is 1. The van der Waals surface area contributed by atoms with Crippen molar-refractivity contribution in [3.05, 3.63) is 65.2 Å². The van der Waals surface area contributed by atoms with Crippen LogP contribution in [0.5, 0.6) is 0 Å². The molecule has 1 amide bonds. The van der Waals surface area contributed by atoms with Gasteiger partial charge in [-0.15, -0.1) is 0 Å². The highest BCUT2D eigenvalue weighted by Gasteiger charge is 2.14. The minimum absolute atomic E-state index is 0.137. The number of hydrogen-bond acceptors (Lipinski definition) is 4. The van der Waals surface area contributed by atoms with Gasteiger partial charge in [0.1, 0.15) is 0 Å². The predicted molar refractivity (Wildman–Crippen MR) is 106 cm³/mol. The quantitative estimate of drug-likeness (QED) is 0.828. The third kappa shape index (κ3) is 5.17. The van der Waals surface area contributed by atoms with E-state index in [1.165, 1.54) is 24.7 Å². The Hall–Kier alpha value is -2.18. The molecular formula is C21H26N2O3S. The Morgan fingerprint density at radius 3 is 2.19 bits per heavy atom. The van der Waals surface area contributed by atoms with Gasteiger partial charge in [-0.2, -0.15) is 0 Å². The van der Waals surface area contributed by atoms with E-state index in [1.807, 2.05) is 31.2 Å². The van der Waals surface area contributed by atoms with E-state index < -0.39 is 9.84 Å². The zero-order valence-corrected chi connectivity index (χ0v) is 16.6. The molecule has 0 aliphatic carbocycles. The summed E-state index contributed by atoms with van der Waals surface area (Å²) in [6.45, 7) is 5.12. The van der Waals surface area contributed by atoms with Gasteiger partial charge in [0.25, 0.3) is 5.91 Å². The molecular weight excluding hydrogens is 360 g/mol. The molecule has 1 heterocycles. The maximum atomic E-state index is 12.5. The summed E-state index contributed by atoms with van der Waals surface area (Å²) in [5, 5.41) is 2.96. The lowest BCUT2D eigenvalue weighted by atomic mass is 10.1. The molecule has 0 aromatic heterocycles. The minimum Gasteiger partial charge on any atom is -0.346 e. The van der Waals surface area contributed by atoms with Crippen molar-refractivity contribution >= 4 is 15.7 Å². The number of carbonyl (C=O) groups excluding carboxylic acids is 1. The van der Waals surface area contributed by atoms with Gasteiger partial charge in [0.15, 0.2) is 9.84 Å². The van der Waals surface area contributed by atoms with Crippen LogP contribution >= 0.6 is 0 Å². The minimum atomic E-state index is -3.22. The lowest BCUT2D eigenvalue weighted by Gasteiger charge is -2.16. The zero-order valence-electron chi connectivity index (χ0n) is 15.8. The number of carbonyl (C=O) groups is 1. The number of nitrogens with zero attached hydrogens (tertiary/aromatic N) is 1. The summed E-state index contributed by atoms with van der Waals surface area (Å²) >= 11 is 0. The molecule has 1 aliphatic rings. The van der Waals surface area contributed by atoms with Gasteiger partial charge in [-0.1, -0.05) is 24.3 Å². The van der Waals surface area contributed by atoms with Gasteiger partial charge >= 0.3 is 0 Å². The average Bonchev–Trinajstić information content (AvgIpc) is 3.14. The SMILES string of the molecule is CC(NC(=O)c1ccc(CN2CCCC2)cc1)c1ccc(S(C)(=O)=O)cc1. The topological polar surface area (TPSA) is 66.5 Å². The standard InChI is InChI=1S/C21H26N2O3S/c1-16(18-9-11-20(12-10-18)27(2,25)26)22-21(24)19-7-5-17(6-8-19)15-23-13-3-4-14-23/h5-12,16H,3-4,13-15H2,1-2H3,(H,22,24). The van der Waals surface area contributed by atoms with Crippen LogP contribution < -0.4 is 5.32 Å². The third-order valence-corrected chi connectivity index (χ3v) is 6.11. The Bertz CT molecular complexity index is 884. The summed E-state index contributed by atoms with van der Waals surface area (Å²) in [7, 11) is -3.22. The van der Waals surface area contributed by atoms with Crippen LogP contribution in [-0.4, -0.2) is 38.6 Å². The number of likely N-dealkylation sites (tertiary alicyclic amines) is 1. The molecule has 0 bridgehead atoms. The van der Waals surface area contributed by atoms with Crippen LogP contribution in [0.2, 0.25) is 0 Å². The first-order valence-electron chi connectivity index (χ1n) is 9.25. The fourth-order valence-corrected chi connectivity index (χ4v) is 3.96. The second kappa shape index (κ2) is 8.23. The Morgan fingerprint density at radius 2 is 1.63 bits per heavy atom. The van der Waals surface area contributed by atoms with Crippen molar-refractivity contribution in [1.82, 2.24) is 10.2 Å². The molecule has 1 unspecified atom stereocenters. The second-order valence-electron chi connectivity index (χ2n) is 7.22. The molecule has 144 valence electrons.